The van der Waals surface area contributed by atoms with Gasteiger partial charge >= 0.3 is 5.97 Å². The quantitative estimate of drug-likeness (QED) is 0.781. The van der Waals surface area contributed by atoms with Crippen molar-refractivity contribution in [2.45, 2.75) is 32.7 Å². The van der Waals surface area contributed by atoms with Crippen LogP contribution in [-0.4, -0.2) is 58.9 Å². The van der Waals surface area contributed by atoms with Crippen molar-refractivity contribution < 1.29 is 19.5 Å². The molecular formula is C12H20N2O4. The van der Waals surface area contributed by atoms with Crippen LogP contribution in [0.2, 0.25) is 0 Å². The van der Waals surface area contributed by atoms with Crippen molar-refractivity contribution in [1.29, 1.82) is 0 Å². The smallest absolute Gasteiger partial charge is 0.306 e. The first-order valence-electron chi connectivity index (χ1n) is 6.07. The number of carbonyl (C=O) groups excluding carboxylic acids is 2. The van der Waals surface area contributed by atoms with E-state index in [0.717, 1.165) is 0 Å². The summed E-state index contributed by atoms with van der Waals surface area (Å²) in [6.07, 6.45) is 0.958. The third-order valence-electron chi connectivity index (χ3n) is 3.46. The number of hydrogen-bond donors (Lipinski definition) is 1. The van der Waals surface area contributed by atoms with Crippen LogP contribution in [0, 0.1) is 5.92 Å². The highest BCUT2D eigenvalue weighted by Gasteiger charge is 2.32. The number of nitrogens with zero attached hydrogens (tertiary/aromatic N) is 2. The molecule has 1 aliphatic heterocycles. The van der Waals surface area contributed by atoms with Crippen LogP contribution in [0.4, 0.5) is 0 Å². The molecule has 6 nitrogen and oxygen atoms in total. The summed E-state index contributed by atoms with van der Waals surface area (Å²) < 4.78 is 0. The molecule has 0 saturated carbocycles. The van der Waals surface area contributed by atoms with Crippen molar-refractivity contribution in [1.82, 2.24) is 9.80 Å². The third-order valence-corrected chi connectivity index (χ3v) is 3.46. The predicted octanol–water partition coefficient (Wildman–Crippen LogP) is 0.176. The molecule has 0 aromatic rings. The van der Waals surface area contributed by atoms with Crippen molar-refractivity contribution in [2.24, 2.45) is 5.92 Å². The number of carbonyl (C=O) groups is 3. The van der Waals surface area contributed by atoms with Gasteiger partial charge in [0.1, 0.15) is 0 Å². The number of amides is 2. The molecule has 1 heterocycles. The average Bonchev–Trinajstić information content (AvgIpc) is 2.28. The summed E-state index contributed by atoms with van der Waals surface area (Å²) in [4.78, 5) is 37.0. The van der Waals surface area contributed by atoms with Crippen LogP contribution >= 0.6 is 0 Å². The maximum absolute atomic E-state index is 12.0. The van der Waals surface area contributed by atoms with Crippen LogP contribution in [0.5, 0.6) is 0 Å². The molecular weight excluding hydrogens is 236 g/mol. The lowest BCUT2D eigenvalue weighted by atomic mass is 9.91. The summed E-state index contributed by atoms with van der Waals surface area (Å²) in [5.41, 5.74) is 0. The summed E-state index contributed by atoms with van der Waals surface area (Å²) in [5, 5.41) is 8.94. The molecule has 2 unspecified atom stereocenters. The predicted molar refractivity (Wildman–Crippen MR) is 64.8 cm³/mol. The minimum atomic E-state index is -0.796. The Hall–Kier alpha value is -1.59. The average molecular weight is 256 g/mol. The van der Waals surface area contributed by atoms with E-state index in [-0.39, 0.29) is 30.3 Å². The summed E-state index contributed by atoms with van der Waals surface area (Å²) in [5.74, 6) is -1.44. The highest BCUT2D eigenvalue weighted by atomic mass is 16.4. The van der Waals surface area contributed by atoms with Crippen LogP contribution in [0.15, 0.2) is 0 Å². The number of aliphatic carboxylic acids is 1. The Bertz CT molecular complexity index is 356. The number of likely N-dealkylation sites (tertiary alicyclic amines) is 1. The number of likely N-dealkylation sites (N-methyl/N-ethyl adjacent to an activating group) is 1. The number of hydrogen-bond acceptors (Lipinski definition) is 3. The van der Waals surface area contributed by atoms with E-state index in [9.17, 15) is 14.4 Å². The molecule has 1 fully saturated rings. The van der Waals surface area contributed by atoms with Gasteiger partial charge in [-0.3, -0.25) is 14.4 Å². The van der Waals surface area contributed by atoms with Crippen molar-refractivity contribution in [2.75, 3.05) is 20.1 Å². The van der Waals surface area contributed by atoms with Crippen LogP contribution in [-0.2, 0) is 14.4 Å². The lowest BCUT2D eigenvalue weighted by Crippen LogP contribution is -2.49. The zero-order valence-electron chi connectivity index (χ0n) is 11.0. The number of carboxylic acid groups (broad SMARTS) is 1. The summed E-state index contributed by atoms with van der Waals surface area (Å²) >= 11 is 0. The first-order valence-corrected chi connectivity index (χ1v) is 6.07. The van der Waals surface area contributed by atoms with Gasteiger partial charge in [-0.15, -0.1) is 0 Å². The van der Waals surface area contributed by atoms with Crippen molar-refractivity contribution in [3.05, 3.63) is 0 Å². The fourth-order valence-corrected chi connectivity index (χ4v) is 2.17. The van der Waals surface area contributed by atoms with Crippen LogP contribution < -0.4 is 0 Å². The molecule has 0 aromatic carbocycles. The maximum atomic E-state index is 12.0. The first kappa shape index (κ1) is 14.5. The van der Waals surface area contributed by atoms with E-state index in [0.29, 0.717) is 19.4 Å². The Balaban J connectivity index is 2.56. The van der Waals surface area contributed by atoms with Crippen molar-refractivity contribution in [3.8, 4) is 0 Å². The van der Waals surface area contributed by atoms with Crippen molar-refractivity contribution in [3.63, 3.8) is 0 Å². The Morgan fingerprint density at radius 1 is 1.39 bits per heavy atom. The molecule has 1 saturated heterocycles. The topological polar surface area (TPSA) is 77.9 Å². The second kappa shape index (κ2) is 5.84. The SMILES string of the molecule is CC(=O)N(C)CC(=O)N1CCC(C(=O)O)CC1C. The minimum Gasteiger partial charge on any atom is -0.481 e. The minimum absolute atomic E-state index is 0.0530. The Morgan fingerprint density at radius 3 is 2.44 bits per heavy atom. The lowest BCUT2D eigenvalue weighted by Gasteiger charge is -2.37. The molecule has 1 N–H and O–H groups in total. The van der Waals surface area contributed by atoms with E-state index in [4.69, 9.17) is 5.11 Å². The normalized spacial score (nSPS) is 23.6. The third kappa shape index (κ3) is 3.45. The maximum Gasteiger partial charge on any atom is 0.306 e. The van der Waals surface area contributed by atoms with E-state index >= 15 is 0 Å². The molecule has 0 bridgehead atoms. The molecule has 1 aliphatic rings. The fraction of sp³-hybridized carbons (Fsp3) is 0.750. The molecule has 0 radical (unpaired) electrons. The van der Waals surface area contributed by atoms with Gasteiger partial charge in [0.05, 0.1) is 12.5 Å². The summed E-state index contributed by atoms with van der Waals surface area (Å²) in [7, 11) is 1.58. The van der Waals surface area contributed by atoms with Gasteiger partial charge in [0.2, 0.25) is 11.8 Å². The van der Waals surface area contributed by atoms with Gasteiger partial charge in [0, 0.05) is 26.6 Å². The zero-order chi connectivity index (χ0) is 13.9. The Morgan fingerprint density at radius 2 is 2.00 bits per heavy atom. The molecule has 102 valence electrons. The molecule has 18 heavy (non-hydrogen) atoms. The standard InChI is InChI=1S/C12H20N2O4/c1-8-6-10(12(17)18)4-5-14(8)11(16)7-13(3)9(2)15/h8,10H,4-7H2,1-3H3,(H,17,18). The number of piperidine rings is 1. The molecule has 2 atom stereocenters. The highest BCUT2D eigenvalue weighted by Crippen LogP contribution is 2.23. The number of carboxylic acids is 1. The van der Waals surface area contributed by atoms with Crippen LogP contribution in [0.3, 0.4) is 0 Å². The van der Waals surface area contributed by atoms with E-state index in [1.54, 1.807) is 11.9 Å². The van der Waals surface area contributed by atoms with Gasteiger partial charge < -0.3 is 14.9 Å². The van der Waals surface area contributed by atoms with Crippen LogP contribution in [0.1, 0.15) is 26.7 Å². The molecule has 0 spiro atoms. The molecule has 1 rings (SSSR count). The Labute approximate surface area is 107 Å². The van der Waals surface area contributed by atoms with Crippen molar-refractivity contribution >= 4 is 17.8 Å². The van der Waals surface area contributed by atoms with E-state index in [2.05, 4.69) is 0 Å². The van der Waals surface area contributed by atoms with Gasteiger partial charge in [-0.05, 0) is 19.8 Å². The second-order valence-electron chi connectivity index (χ2n) is 4.87. The second-order valence-corrected chi connectivity index (χ2v) is 4.87. The van der Waals surface area contributed by atoms with Gasteiger partial charge in [-0.1, -0.05) is 0 Å². The highest BCUT2D eigenvalue weighted by molar-refractivity contribution is 5.84. The monoisotopic (exact) mass is 256 g/mol. The Kier molecular flexibility index (Phi) is 4.69. The lowest BCUT2D eigenvalue weighted by molar-refractivity contribution is -0.148. The zero-order valence-corrected chi connectivity index (χ0v) is 11.0. The summed E-state index contributed by atoms with van der Waals surface area (Å²) in [6, 6.07) is -0.0901. The van der Waals surface area contributed by atoms with Gasteiger partial charge in [-0.25, -0.2) is 0 Å². The molecule has 6 heteroatoms. The fourth-order valence-electron chi connectivity index (χ4n) is 2.17. The van der Waals surface area contributed by atoms with Crippen LogP contribution in [0.25, 0.3) is 0 Å². The van der Waals surface area contributed by atoms with Gasteiger partial charge in [0.25, 0.3) is 0 Å². The molecule has 2 amide bonds. The van der Waals surface area contributed by atoms with Gasteiger partial charge in [0.15, 0.2) is 0 Å². The van der Waals surface area contributed by atoms with E-state index < -0.39 is 5.97 Å². The van der Waals surface area contributed by atoms with E-state index in [1.807, 2.05) is 6.92 Å². The molecule has 0 aromatic heterocycles. The molecule has 0 aliphatic carbocycles. The first-order chi connectivity index (χ1) is 8.32. The number of rotatable bonds is 3. The van der Waals surface area contributed by atoms with Gasteiger partial charge in [-0.2, -0.15) is 0 Å². The van der Waals surface area contributed by atoms with E-state index in [1.165, 1.54) is 11.8 Å². The largest absolute Gasteiger partial charge is 0.481 e. The summed E-state index contributed by atoms with van der Waals surface area (Å²) in [6.45, 7) is 3.76.